The van der Waals surface area contributed by atoms with E-state index < -0.39 is 0 Å². The van der Waals surface area contributed by atoms with E-state index in [0.29, 0.717) is 22.1 Å². The lowest BCUT2D eigenvalue weighted by molar-refractivity contribution is -0.116. The number of nitrogens with zero attached hydrogens (tertiary/aromatic N) is 3. The third kappa shape index (κ3) is 3.84. The molecule has 152 valence electrons. The predicted molar refractivity (Wildman–Crippen MR) is 114 cm³/mol. The van der Waals surface area contributed by atoms with E-state index in [-0.39, 0.29) is 18.3 Å². The number of carbonyl (C=O) groups excluding carboxylic acids is 1. The zero-order valence-corrected chi connectivity index (χ0v) is 17.1. The first-order valence-corrected chi connectivity index (χ1v) is 9.55. The van der Waals surface area contributed by atoms with Crippen LogP contribution in [0, 0.1) is 12.7 Å². The Bertz CT molecular complexity index is 1240. The molecule has 0 saturated heterocycles. The largest absolute Gasteiger partial charge is 0.495 e. The van der Waals surface area contributed by atoms with E-state index in [2.05, 4.69) is 15.4 Å². The van der Waals surface area contributed by atoms with E-state index in [1.165, 1.54) is 19.2 Å². The van der Waals surface area contributed by atoms with Gasteiger partial charge in [-0.05, 0) is 54.4 Å². The van der Waals surface area contributed by atoms with Crippen LogP contribution in [0.1, 0.15) is 5.69 Å². The van der Waals surface area contributed by atoms with Crippen molar-refractivity contribution in [3.63, 3.8) is 0 Å². The molecule has 2 aromatic heterocycles. The van der Waals surface area contributed by atoms with Gasteiger partial charge >= 0.3 is 0 Å². The molecule has 0 fully saturated rings. The summed E-state index contributed by atoms with van der Waals surface area (Å²) in [7, 11) is 1.53. The van der Waals surface area contributed by atoms with Crippen LogP contribution in [0.15, 0.2) is 54.7 Å². The Balaban J connectivity index is 1.62. The Morgan fingerprint density at radius 1 is 1.20 bits per heavy atom. The zero-order chi connectivity index (χ0) is 21.3. The van der Waals surface area contributed by atoms with Crippen molar-refractivity contribution < 1.29 is 13.9 Å². The Morgan fingerprint density at radius 3 is 2.67 bits per heavy atom. The maximum atomic E-state index is 13.3. The zero-order valence-electron chi connectivity index (χ0n) is 16.3. The molecular formula is C22H18ClFN4O2. The number of carbonyl (C=O) groups is 1. The maximum absolute atomic E-state index is 13.3. The number of nitrogens with one attached hydrogen (secondary N) is 1. The Hall–Kier alpha value is -3.45. The van der Waals surface area contributed by atoms with Gasteiger partial charge in [-0.1, -0.05) is 23.7 Å². The van der Waals surface area contributed by atoms with Crippen molar-refractivity contribution in [1.82, 2.24) is 14.8 Å². The van der Waals surface area contributed by atoms with Gasteiger partial charge in [0, 0.05) is 17.3 Å². The number of aryl methyl sites for hydroxylation is 1. The maximum Gasteiger partial charge on any atom is 0.246 e. The number of aromatic nitrogens is 3. The van der Waals surface area contributed by atoms with Crippen LogP contribution in [0.2, 0.25) is 5.02 Å². The molecule has 0 bridgehead atoms. The summed E-state index contributed by atoms with van der Waals surface area (Å²) in [5.41, 5.74) is 3.60. The molecule has 2 heterocycles. The lowest BCUT2D eigenvalue weighted by Gasteiger charge is -2.09. The van der Waals surface area contributed by atoms with Gasteiger partial charge in [-0.15, -0.1) is 0 Å². The summed E-state index contributed by atoms with van der Waals surface area (Å²) in [6.07, 6.45) is 1.65. The number of halogens is 2. The van der Waals surface area contributed by atoms with E-state index in [4.69, 9.17) is 16.3 Å². The van der Waals surface area contributed by atoms with Crippen LogP contribution in [-0.2, 0) is 11.3 Å². The minimum Gasteiger partial charge on any atom is -0.495 e. The number of anilines is 1. The van der Waals surface area contributed by atoms with E-state index in [1.807, 2.05) is 13.0 Å². The molecule has 0 aliphatic carbocycles. The number of ether oxygens (including phenoxy) is 1. The highest BCUT2D eigenvalue weighted by atomic mass is 35.5. The Kier molecular flexibility index (Phi) is 5.37. The molecule has 0 aliphatic rings. The number of amides is 1. The summed E-state index contributed by atoms with van der Waals surface area (Å²) >= 11 is 6.11. The molecule has 0 atom stereocenters. The molecular weight excluding hydrogens is 407 g/mol. The van der Waals surface area contributed by atoms with E-state index in [9.17, 15) is 9.18 Å². The summed E-state index contributed by atoms with van der Waals surface area (Å²) < 4.78 is 20.0. The van der Waals surface area contributed by atoms with Crippen LogP contribution in [0.5, 0.6) is 5.75 Å². The van der Waals surface area contributed by atoms with Crippen LogP contribution < -0.4 is 10.1 Å². The van der Waals surface area contributed by atoms with Crippen molar-refractivity contribution in [2.45, 2.75) is 13.5 Å². The molecule has 4 rings (SSSR count). The van der Waals surface area contributed by atoms with Crippen LogP contribution in [0.25, 0.3) is 22.2 Å². The number of hydrogen-bond acceptors (Lipinski definition) is 4. The van der Waals surface area contributed by atoms with Crippen LogP contribution >= 0.6 is 11.6 Å². The fourth-order valence-electron chi connectivity index (χ4n) is 3.34. The molecule has 0 saturated carbocycles. The lowest BCUT2D eigenvalue weighted by Crippen LogP contribution is -2.19. The van der Waals surface area contributed by atoms with Gasteiger partial charge < -0.3 is 10.1 Å². The second-order valence-corrected chi connectivity index (χ2v) is 7.11. The molecule has 30 heavy (non-hydrogen) atoms. The van der Waals surface area contributed by atoms with Gasteiger partial charge in [0.1, 0.15) is 18.1 Å². The fraction of sp³-hybridized carbons (Fsp3) is 0.136. The van der Waals surface area contributed by atoms with Crippen molar-refractivity contribution in [1.29, 1.82) is 0 Å². The second kappa shape index (κ2) is 8.12. The average molecular weight is 425 g/mol. The topological polar surface area (TPSA) is 69.0 Å². The Labute approximate surface area is 177 Å². The average Bonchev–Trinajstić information content (AvgIpc) is 3.04. The van der Waals surface area contributed by atoms with Crippen molar-refractivity contribution in [2.24, 2.45) is 0 Å². The Morgan fingerprint density at radius 2 is 1.97 bits per heavy atom. The van der Waals surface area contributed by atoms with Crippen molar-refractivity contribution in [2.75, 3.05) is 12.4 Å². The summed E-state index contributed by atoms with van der Waals surface area (Å²) in [6, 6.07) is 13.1. The number of fused-ring (bicyclic) bond motifs is 1. The third-order valence-corrected chi connectivity index (χ3v) is 4.99. The first-order chi connectivity index (χ1) is 14.5. The van der Waals surface area contributed by atoms with Crippen molar-refractivity contribution in [3.8, 4) is 16.9 Å². The standard InChI is InChI=1S/C22H18ClFN4O2/c1-13-21-17(14-3-5-15(24)6-4-14)9-10-25-22(21)28(27-13)12-20(29)26-16-7-8-19(30-2)18(23)11-16/h3-11H,12H2,1-2H3,(H,26,29). The molecule has 2 aromatic carbocycles. The van der Waals surface area contributed by atoms with E-state index in [0.717, 1.165) is 22.2 Å². The van der Waals surface area contributed by atoms with Gasteiger partial charge in [0.15, 0.2) is 5.65 Å². The molecule has 0 aliphatic heterocycles. The molecule has 8 heteroatoms. The summed E-state index contributed by atoms with van der Waals surface area (Å²) in [6.45, 7) is 1.84. The monoisotopic (exact) mass is 424 g/mol. The SMILES string of the molecule is COc1ccc(NC(=O)Cn2nc(C)c3c(-c4ccc(F)cc4)ccnc32)cc1Cl. The van der Waals surface area contributed by atoms with Crippen LogP contribution in [0.3, 0.4) is 0 Å². The number of rotatable bonds is 5. The van der Waals surface area contributed by atoms with E-state index >= 15 is 0 Å². The summed E-state index contributed by atoms with van der Waals surface area (Å²) in [5.74, 6) is -0.0396. The minimum atomic E-state index is -0.299. The van der Waals surface area contributed by atoms with Crippen LogP contribution in [-0.4, -0.2) is 27.8 Å². The van der Waals surface area contributed by atoms with Gasteiger partial charge in [-0.25, -0.2) is 14.1 Å². The van der Waals surface area contributed by atoms with Gasteiger partial charge in [-0.3, -0.25) is 4.79 Å². The van der Waals surface area contributed by atoms with Crippen molar-refractivity contribution >= 4 is 34.2 Å². The molecule has 6 nitrogen and oxygen atoms in total. The molecule has 0 unspecified atom stereocenters. The van der Waals surface area contributed by atoms with Crippen molar-refractivity contribution in [3.05, 3.63) is 71.3 Å². The third-order valence-electron chi connectivity index (χ3n) is 4.69. The lowest BCUT2D eigenvalue weighted by atomic mass is 10.0. The highest BCUT2D eigenvalue weighted by Crippen LogP contribution is 2.30. The molecule has 4 aromatic rings. The molecule has 1 amide bonds. The number of methoxy groups -OCH3 is 1. The highest BCUT2D eigenvalue weighted by molar-refractivity contribution is 6.32. The van der Waals surface area contributed by atoms with E-state index in [1.54, 1.807) is 41.2 Å². The first-order valence-electron chi connectivity index (χ1n) is 9.17. The molecule has 0 spiro atoms. The molecule has 1 N–H and O–H groups in total. The van der Waals surface area contributed by atoms with Gasteiger partial charge in [0.05, 0.1) is 17.8 Å². The number of benzene rings is 2. The van der Waals surface area contributed by atoms with Gasteiger partial charge in [0.2, 0.25) is 5.91 Å². The fourth-order valence-corrected chi connectivity index (χ4v) is 3.60. The minimum absolute atomic E-state index is 0.0200. The van der Waals surface area contributed by atoms with Crippen LogP contribution in [0.4, 0.5) is 10.1 Å². The number of hydrogen-bond donors (Lipinski definition) is 1. The second-order valence-electron chi connectivity index (χ2n) is 6.70. The van der Waals surface area contributed by atoms with Gasteiger partial charge in [0.25, 0.3) is 0 Å². The molecule has 0 radical (unpaired) electrons. The normalized spacial score (nSPS) is 10.9. The summed E-state index contributed by atoms with van der Waals surface area (Å²) in [5, 5.41) is 8.52. The summed E-state index contributed by atoms with van der Waals surface area (Å²) in [4.78, 5) is 17.0. The smallest absolute Gasteiger partial charge is 0.246 e. The first kappa shape index (κ1) is 19.8. The highest BCUT2D eigenvalue weighted by Gasteiger charge is 2.16. The predicted octanol–water partition coefficient (Wildman–Crippen LogP) is 4.85. The van der Waals surface area contributed by atoms with Gasteiger partial charge in [-0.2, -0.15) is 5.10 Å². The quantitative estimate of drug-likeness (QED) is 0.497. The number of pyridine rings is 1.